The number of carbonyl (C=O) groups excluding carboxylic acids is 2. The molecule has 0 saturated heterocycles. The number of hydrogen-bond acceptors (Lipinski definition) is 7. The molecule has 2 N–H and O–H groups in total. The highest BCUT2D eigenvalue weighted by Crippen LogP contribution is 2.32. The zero-order chi connectivity index (χ0) is 25.3. The van der Waals surface area contributed by atoms with Gasteiger partial charge in [0.05, 0.1) is 19.4 Å². The summed E-state index contributed by atoms with van der Waals surface area (Å²) in [4.78, 5) is 24.4. The minimum Gasteiger partial charge on any atom is -0.490 e. The lowest BCUT2D eigenvalue weighted by Gasteiger charge is -2.13. The van der Waals surface area contributed by atoms with Crippen molar-refractivity contribution in [2.45, 2.75) is 20.5 Å². The van der Waals surface area contributed by atoms with Gasteiger partial charge in [-0.15, -0.1) is 0 Å². The number of ether oxygens (including phenoxy) is 4. The Morgan fingerprint density at radius 3 is 2.69 bits per heavy atom. The molecule has 0 radical (unpaired) electrons. The number of benzene rings is 3. The van der Waals surface area contributed by atoms with E-state index in [4.69, 9.17) is 18.9 Å². The van der Waals surface area contributed by atoms with Crippen molar-refractivity contribution in [2.75, 3.05) is 19.9 Å². The Morgan fingerprint density at radius 1 is 1.00 bits per heavy atom. The van der Waals surface area contributed by atoms with Crippen LogP contribution in [0.5, 0.6) is 23.0 Å². The van der Waals surface area contributed by atoms with Gasteiger partial charge in [-0.3, -0.25) is 9.59 Å². The summed E-state index contributed by atoms with van der Waals surface area (Å²) in [5.41, 5.74) is 5.71. The Labute approximate surface area is 209 Å². The number of aryl methyl sites for hydroxylation is 1. The smallest absolute Gasteiger partial charge is 0.259 e. The van der Waals surface area contributed by atoms with Crippen molar-refractivity contribution in [2.24, 2.45) is 5.10 Å². The standard InChI is InChI=1S/C27H27N3O6/c1-3-33-24-12-19(7-9-22(24)34-16-20-6-4-5-18(2)11-20)14-29-30-26(31)15-28-27(32)21-8-10-23-25(13-21)36-17-35-23/h4-14H,3,15-17H2,1-2H3,(H,28,32)(H,30,31). The number of fused-ring (bicyclic) bond motifs is 1. The second-order valence-electron chi connectivity index (χ2n) is 7.96. The van der Waals surface area contributed by atoms with E-state index in [2.05, 4.69) is 21.9 Å². The van der Waals surface area contributed by atoms with Crippen LogP contribution in [-0.4, -0.2) is 38.0 Å². The molecule has 1 heterocycles. The molecule has 186 valence electrons. The van der Waals surface area contributed by atoms with Gasteiger partial charge in [0.25, 0.3) is 11.8 Å². The van der Waals surface area contributed by atoms with E-state index in [0.717, 1.165) is 5.56 Å². The van der Waals surface area contributed by atoms with Crippen LogP contribution >= 0.6 is 0 Å². The molecule has 0 bridgehead atoms. The van der Waals surface area contributed by atoms with Crippen molar-refractivity contribution < 1.29 is 28.5 Å². The molecule has 1 aliphatic heterocycles. The molecule has 0 aliphatic carbocycles. The van der Waals surface area contributed by atoms with Crippen LogP contribution in [0, 0.1) is 6.92 Å². The molecule has 36 heavy (non-hydrogen) atoms. The molecule has 2 amide bonds. The van der Waals surface area contributed by atoms with E-state index >= 15 is 0 Å². The van der Waals surface area contributed by atoms with Crippen LogP contribution in [0.3, 0.4) is 0 Å². The van der Waals surface area contributed by atoms with Gasteiger partial charge in [-0.05, 0) is 61.4 Å². The maximum absolute atomic E-state index is 12.3. The van der Waals surface area contributed by atoms with E-state index in [1.165, 1.54) is 11.8 Å². The van der Waals surface area contributed by atoms with E-state index in [-0.39, 0.29) is 13.3 Å². The third kappa shape index (κ3) is 6.53. The van der Waals surface area contributed by atoms with Gasteiger partial charge in [0.2, 0.25) is 6.79 Å². The minimum absolute atomic E-state index is 0.121. The summed E-state index contributed by atoms with van der Waals surface area (Å²) in [6, 6.07) is 18.3. The largest absolute Gasteiger partial charge is 0.490 e. The summed E-state index contributed by atoms with van der Waals surface area (Å²) >= 11 is 0. The van der Waals surface area contributed by atoms with Crippen molar-refractivity contribution in [1.82, 2.24) is 10.7 Å². The Bertz CT molecular complexity index is 1270. The fourth-order valence-corrected chi connectivity index (χ4v) is 3.47. The molecule has 9 heteroatoms. The number of amides is 2. The van der Waals surface area contributed by atoms with Crippen molar-refractivity contribution >= 4 is 18.0 Å². The average Bonchev–Trinajstić information content (AvgIpc) is 3.35. The lowest BCUT2D eigenvalue weighted by atomic mass is 10.1. The first-order chi connectivity index (χ1) is 17.5. The highest BCUT2D eigenvalue weighted by atomic mass is 16.7. The van der Waals surface area contributed by atoms with Gasteiger partial charge in [-0.25, -0.2) is 5.43 Å². The predicted molar refractivity (Wildman–Crippen MR) is 134 cm³/mol. The summed E-state index contributed by atoms with van der Waals surface area (Å²) < 4.78 is 22.1. The van der Waals surface area contributed by atoms with Crippen molar-refractivity contribution in [3.63, 3.8) is 0 Å². The minimum atomic E-state index is -0.469. The molecule has 1 aliphatic rings. The Balaban J connectivity index is 1.28. The highest BCUT2D eigenvalue weighted by Gasteiger charge is 2.16. The van der Waals surface area contributed by atoms with Gasteiger partial charge in [0.15, 0.2) is 23.0 Å². The summed E-state index contributed by atoms with van der Waals surface area (Å²) in [6.07, 6.45) is 1.49. The third-order valence-corrected chi connectivity index (χ3v) is 5.19. The number of hydrogen-bond donors (Lipinski definition) is 2. The molecular weight excluding hydrogens is 462 g/mol. The van der Waals surface area contributed by atoms with E-state index in [9.17, 15) is 9.59 Å². The average molecular weight is 490 g/mol. The van der Waals surface area contributed by atoms with Gasteiger partial charge < -0.3 is 24.3 Å². The van der Waals surface area contributed by atoms with Crippen molar-refractivity contribution in [1.29, 1.82) is 0 Å². The Morgan fingerprint density at radius 2 is 1.86 bits per heavy atom. The molecule has 0 unspecified atom stereocenters. The van der Waals surface area contributed by atoms with Crippen LogP contribution in [0.15, 0.2) is 65.8 Å². The number of nitrogens with one attached hydrogen (secondary N) is 2. The van der Waals surface area contributed by atoms with Crippen LogP contribution in [0.4, 0.5) is 0 Å². The molecule has 3 aromatic rings. The third-order valence-electron chi connectivity index (χ3n) is 5.19. The van der Waals surface area contributed by atoms with Gasteiger partial charge >= 0.3 is 0 Å². The number of hydrazone groups is 1. The van der Waals surface area contributed by atoms with E-state index < -0.39 is 11.8 Å². The van der Waals surface area contributed by atoms with E-state index in [1.807, 2.05) is 38.1 Å². The molecule has 4 rings (SSSR count). The molecule has 0 aromatic heterocycles. The number of carbonyl (C=O) groups is 2. The zero-order valence-electron chi connectivity index (χ0n) is 20.1. The molecule has 9 nitrogen and oxygen atoms in total. The Hall–Kier alpha value is -4.53. The molecule has 0 saturated carbocycles. The van der Waals surface area contributed by atoms with Crippen molar-refractivity contribution in [3.05, 3.63) is 82.9 Å². The van der Waals surface area contributed by atoms with Gasteiger partial charge in [-0.2, -0.15) is 5.10 Å². The first-order valence-corrected chi connectivity index (χ1v) is 11.5. The van der Waals surface area contributed by atoms with Crippen molar-refractivity contribution in [3.8, 4) is 23.0 Å². The number of rotatable bonds is 10. The van der Waals surface area contributed by atoms with Crippen LogP contribution in [-0.2, 0) is 11.4 Å². The van der Waals surface area contributed by atoms with Gasteiger partial charge in [0, 0.05) is 5.56 Å². The number of nitrogens with zero attached hydrogens (tertiary/aromatic N) is 1. The van der Waals surface area contributed by atoms with Crippen LogP contribution in [0.1, 0.15) is 34.0 Å². The first kappa shape index (κ1) is 24.6. The highest BCUT2D eigenvalue weighted by molar-refractivity contribution is 5.97. The second kappa shape index (κ2) is 11.7. The fraction of sp³-hybridized carbons (Fsp3) is 0.222. The summed E-state index contributed by atoms with van der Waals surface area (Å²) in [6.45, 7) is 4.71. The molecule has 0 spiro atoms. The fourth-order valence-electron chi connectivity index (χ4n) is 3.47. The molecule has 0 fully saturated rings. The normalized spacial score (nSPS) is 11.8. The van der Waals surface area contributed by atoms with E-state index in [0.29, 0.717) is 47.3 Å². The zero-order valence-corrected chi connectivity index (χ0v) is 20.1. The van der Waals surface area contributed by atoms with Gasteiger partial charge in [0.1, 0.15) is 6.61 Å². The summed E-state index contributed by atoms with van der Waals surface area (Å²) in [5.74, 6) is 1.40. The predicted octanol–water partition coefficient (Wildman–Crippen LogP) is 3.58. The summed E-state index contributed by atoms with van der Waals surface area (Å²) in [5, 5.41) is 6.51. The quantitative estimate of drug-likeness (QED) is 0.333. The van der Waals surface area contributed by atoms with E-state index in [1.54, 1.807) is 30.3 Å². The SMILES string of the molecule is CCOc1cc(C=NNC(=O)CNC(=O)c2ccc3c(c2)OCO3)ccc1OCc1cccc(C)c1. The van der Waals surface area contributed by atoms with Crippen LogP contribution < -0.4 is 29.7 Å². The maximum Gasteiger partial charge on any atom is 0.259 e. The van der Waals surface area contributed by atoms with Gasteiger partial charge in [-0.1, -0.05) is 29.8 Å². The molecule has 0 atom stereocenters. The second-order valence-corrected chi connectivity index (χ2v) is 7.96. The molecule has 3 aromatic carbocycles. The monoisotopic (exact) mass is 489 g/mol. The summed E-state index contributed by atoms with van der Waals surface area (Å²) in [7, 11) is 0. The topological polar surface area (TPSA) is 107 Å². The Kier molecular flexibility index (Phi) is 8.02. The maximum atomic E-state index is 12.3. The first-order valence-electron chi connectivity index (χ1n) is 11.5. The van der Waals surface area contributed by atoms with Crippen LogP contribution in [0.25, 0.3) is 0 Å². The molecular formula is C27H27N3O6. The van der Waals surface area contributed by atoms with Crippen LogP contribution in [0.2, 0.25) is 0 Å². The lowest BCUT2D eigenvalue weighted by Crippen LogP contribution is -2.34. The lowest BCUT2D eigenvalue weighted by molar-refractivity contribution is -0.120.